The Bertz CT molecular complexity index is 150. The molecule has 1 aliphatic heterocycles. The van der Waals surface area contributed by atoms with Crippen LogP contribution in [0.1, 0.15) is 6.42 Å². The summed E-state index contributed by atoms with van der Waals surface area (Å²) >= 11 is 0. The predicted octanol–water partition coefficient (Wildman–Crippen LogP) is 1.08. The normalized spacial score (nSPS) is 21.7. The van der Waals surface area contributed by atoms with Crippen LogP contribution in [0.15, 0.2) is 29.4 Å². The van der Waals surface area contributed by atoms with E-state index >= 15 is 0 Å². The van der Waals surface area contributed by atoms with Crippen LogP contribution in [0.4, 0.5) is 0 Å². The first-order chi connectivity index (χ1) is 4.43. The minimum Gasteiger partial charge on any atom is -0.350 e. The van der Waals surface area contributed by atoms with E-state index < -0.39 is 0 Å². The van der Waals surface area contributed by atoms with E-state index in [4.69, 9.17) is 0 Å². The van der Waals surface area contributed by atoms with Gasteiger partial charge in [-0.25, -0.2) is 0 Å². The Morgan fingerprint density at radius 2 is 2.44 bits per heavy atom. The van der Waals surface area contributed by atoms with Gasteiger partial charge in [-0.1, -0.05) is 12.2 Å². The van der Waals surface area contributed by atoms with E-state index in [1.165, 1.54) is 0 Å². The maximum Gasteiger partial charge on any atom is 0.104 e. The van der Waals surface area contributed by atoms with Crippen molar-refractivity contribution in [2.24, 2.45) is 4.99 Å². The van der Waals surface area contributed by atoms with Crippen LogP contribution in [0, 0.1) is 0 Å². The maximum absolute atomic E-state index is 4.01. The zero-order valence-electron chi connectivity index (χ0n) is 5.46. The van der Waals surface area contributed by atoms with E-state index in [1.807, 2.05) is 18.4 Å². The number of hydrogen-bond donors (Lipinski definition) is 1. The second kappa shape index (κ2) is 3.07. The molecule has 0 aliphatic carbocycles. The molecule has 0 saturated carbocycles. The van der Waals surface area contributed by atoms with Crippen molar-refractivity contribution >= 4 is 5.84 Å². The van der Waals surface area contributed by atoms with E-state index in [2.05, 4.69) is 16.4 Å². The Hall–Kier alpha value is -1.05. The predicted molar refractivity (Wildman–Crippen MR) is 39.4 cm³/mol. The number of nitrogens with one attached hydrogen (secondary N) is 1. The molecule has 1 aliphatic rings. The zero-order chi connectivity index (χ0) is 6.53. The fourth-order valence-corrected chi connectivity index (χ4v) is 0.673. The molecule has 9 heavy (non-hydrogen) atoms. The zero-order valence-corrected chi connectivity index (χ0v) is 5.46. The number of aliphatic imine (C=N–C) groups is 1. The average molecular weight is 122 g/mol. The summed E-state index contributed by atoms with van der Waals surface area (Å²) in [7, 11) is 1.79. The van der Waals surface area contributed by atoms with Gasteiger partial charge in [0.2, 0.25) is 0 Å². The van der Waals surface area contributed by atoms with Gasteiger partial charge in [-0.15, -0.1) is 0 Å². The topological polar surface area (TPSA) is 24.4 Å². The lowest BCUT2D eigenvalue weighted by Crippen LogP contribution is -2.14. The molecule has 0 unspecified atom stereocenters. The molecule has 0 radical (unpaired) electrons. The molecule has 0 saturated heterocycles. The molecule has 0 aromatic carbocycles. The molecule has 1 rings (SSSR count). The standard InChI is InChI=1S/C7H10N2/c1-8-7-5-3-2-4-6-9-7/h2-4,6H,5H2,1H3,(H,8,9). The molecule has 2 nitrogen and oxygen atoms in total. The quantitative estimate of drug-likeness (QED) is 0.510. The molecule has 0 amide bonds. The van der Waals surface area contributed by atoms with E-state index in [9.17, 15) is 0 Å². The van der Waals surface area contributed by atoms with Crippen LogP contribution >= 0.6 is 0 Å². The number of nitrogens with zero attached hydrogens (tertiary/aromatic N) is 1. The molecule has 1 heterocycles. The van der Waals surface area contributed by atoms with Crippen molar-refractivity contribution in [3.63, 3.8) is 0 Å². The van der Waals surface area contributed by atoms with Crippen molar-refractivity contribution in [3.8, 4) is 0 Å². The maximum atomic E-state index is 4.01. The summed E-state index contributed by atoms with van der Waals surface area (Å²) in [6.07, 6.45) is 8.82. The van der Waals surface area contributed by atoms with Gasteiger partial charge < -0.3 is 5.32 Å². The highest BCUT2D eigenvalue weighted by atomic mass is 15.0. The minimum atomic E-state index is 0.906. The molecule has 0 aromatic rings. The highest BCUT2D eigenvalue weighted by molar-refractivity contribution is 5.84. The third kappa shape index (κ3) is 1.72. The largest absolute Gasteiger partial charge is 0.350 e. The van der Waals surface area contributed by atoms with Gasteiger partial charge in [-0.2, -0.15) is 0 Å². The van der Waals surface area contributed by atoms with E-state index in [1.54, 1.807) is 7.05 Å². The SMILES string of the molecule is CN=C1CC=CC=CN1. The fraction of sp³-hybridized carbons (Fsp3) is 0.286. The summed E-state index contributed by atoms with van der Waals surface area (Å²) in [5, 5.41) is 3.04. The first kappa shape index (κ1) is 6.08. The van der Waals surface area contributed by atoms with Crippen molar-refractivity contribution in [2.75, 3.05) is 7.05 Å². The first-order valence-corrected chi connectivity index (χ1v) is 2.97. The molecule has 48 valence electrons. The third-order valence-corrected chi connectivity index (χ3v) is 1.17. The Labute approximate surface area is 55.0 Å². The van der Waals surface area contributed by atoms with Crippen LogP contribution in [0.5, 0.6) is 0 Å². The van der Waals surface area contributed by atoms with Gasteiger partial charge in [0.1, 0.15) is 5.84 Å². The summed E-state index contributed by atoms with van der Waals surface area (Å²) < 4.78 is 0. The van der Waals surface area contributed by atoms with Crippen molar-refractivity contribution in [3.05, 3.63) is 24.4 Å². The molecular formula is C7H10N2. The van der Waals surface area contributed by atoms with E-state index in [-0.39, 0.29) is 0 Å². The van der Waals surface area contributed by atoms with Gasteiger partial charge in [-0.3, -0.25) is 4.99 Å². The Morgan fingerprint density at radius 3 is 3.22 bits per heavy atom. The lowest BCUT2D eigenvalue weighted by atomic mass is 10.4. The summed E-state index contributed by atoms with van der Waals surface area (Å²) in [5.74, 6) is 1.01. The second-order valence-corrected chi connectivity index (χ2v) is 1.81. The Kier molecular flexibility index (Phi) is 2.07. The van der Waals surface area contributed by atoms with Crippen molar-refractivity contribution < 1.29 is 0 Å². The highest BCUT2D eigenvalue weighted by Crippen LogP contribution is 1.90. The van der Waals surface area contributed by atoms with Crippen LogP contribution in [-0.4, -0.2) is 12.9 Å². The van der Waals surface area contributed by atoms with Crippen LogP contribution in [0.2, 0.25) is 0 Å². The fourth-order valence-electron chi connectivity index (χ4n) is 0.673. The van der Waals surface area contributed by atoms with Gasteiger partial charge in [0.25, 0.3) is 0 Å². The Balaban J connectivity index is 2.61. The van der Waals surface area contributed by atoms with Crippen LogP contribution < -0.4 is 5.32 Å². The average Bonchev–Trinajstić information content (AvgIpc) is 2.13. The van der Waals surface area contributed by atoms with Gasteiger partial charge in [0.15, 0.2) is 0 Å². The van der Waals surface area contributed by atoms with Gasteiger partial charge in [0.05, 0.1) is 0 Å². The molecule has 0 bridgehead atoms. The lowest BCUT2D eigenvalue weighted by Gasteiger charge is -1.97. The van der Waals surface area contributed by atoms with Gasteiger partial charge >= 0.3 is 0 Å². The van der Waals surface area contributed by atoms with Crippen LogP contribution in [0.3, 0.4) is 0 Å². The number of allylic oxidation sites excluding steroid dienone is 2. The monoisotopic (exact) mass is 122 g/mol. The summed E-state index contributed by atoms with van der Waals surface area (Å²) in [6, 6.07) is 0. The molecule has 0 spiro atoms. The van der Waals surface area contributed by atoms with Gasteiger partial charge in [0, 0.05) is 19.7 Å². The van der Waals surface area contributed by atoms with E-state index in [0.717, 1.165) is 12.3 Å². The summed E-state index contributed by atoms with van der Waals surface area (Å²) in [5.41, 5.74) is 0. The minimum absolute atomic E-state index is 0.906. The van der Waals surface area contributed by atoms with Crippen LogP contribution in [0.25, 0.3) is 0 Å². The molecule has 0 fully saturated rings. The van der Waals surface area contributed by atoms with Crippen molar-refractivity contribution in [1.82, 2.24) is 5.32 Å². The summed E-state index contributed by atoms with van der Waals surface area (Å²) in [4.78, 5) is 4.01. The van der Waals surface area contributed by atoms with Gasteiger partial charge in [-0.05, 0) is 6.08 Å². The molecule has 1 N–H and O–H groups in total. The second-order valence-electron chi connectivity index (χ2n) is 1.81. The number of hydrogen-bond acceptors (Lipinski definition) is 1. The molecular weight excluding hydrogens is 112 g/mol. The summed E-state index contributed by atoms with van der Waals surface area (Å²) in [6.45, 7) is 0. The highest BCUT2D eigenvalue weighted by Gasteiger charge is 1.91. The Morgan fingerprint density at radius 1 is 1.56 bits per heavy atom. The van der Waals surface area contributed by atoms with E-state index in [0.29, 0.717) is 0 Å². The molecule has 0 aromatic heterocycles. The van der Waals surface area contributed by atoms with Crippen molar-refractivity contribution in [2.45, 2.75) is 6.42 Å². The first-order valence-electron chi connectivity index (χ1n) is 2.97. The van der Waals surface area contributed by atoms with Crippen molar-refractivity contribution in [1.29, 1.82) is 0 Å². The van der Waals surface area contributed by atoms with Crippen LogP contribution in [-0.2, 0) is 0 Å². The number of rotatable bonds is 0. The number of amidine groups is 1. The third-order valence-electron chi connectivity index (χ3n) is 1.17. The molecule has 2 heteroatoms. The smallest absolute Gasteiger partial charge is 0.104 e. The lowest BCUT2D eigenvalue weighted by molar-refractivity contribution is 1.18. The molecule has 0 atom stereocenters.